The average Bonchev–Trinajstić information content (AvgIpc) is 1.95. The standard InChI is InChI=1S/C10H13N/c1-7-4-3-5-8-9(7)6-10(8)11-2/h3-5,10-11H,6H2,1-2H3. The Bertz CT molecular complexity index is 278. The van der Waals surface area contributed by atoms with Crippen LogP contribution in [0.2, 0.25) is 0 Å². The van der Waals surface area contributed by atoms with E-state index in [4.69, 9.17) is 0 Å². The molecule has 0 radical (unpaired) electrons. The van der Waals surface area contributed by atoms with E-state index in [-0.39, 0.29) is 0 Å². The summed E-state index contributed by atoms with van der Waals surface area (Å²) < 4.78 is 0. The lowest BCUT2D eigenvalue weighted by molar-refractivity contribution is 0.527. The highest BCUT2D eigenvalue weighted by Gasteiger charge is 2.24. The Morgan fingerprint density at radius 3 is 3.00 bits per heavy atom. The van der Waals surface area contributed by atoms with Crippen LogP contribution in [0.4, 0.5) is 0 Å². The molecular weight excluding hydrogens is 134 g/mol. The van der Waals surface area contributed by atoms with Gasteiger partial charge in [-0.1, -0.05) is 18.2 Å². The third kappa shape index (κ3) is 0.881. The van der Waals surface area contributed by atoms with Crippen LogP contribution in [-0.4, -0.2) is 7.05 Å². The summed E-state index contributed by atoms with van der Waals surface area (Å²) in [6.07, 6.45) is 1.21. The number of hydrogen-bond acceptors (Lipinski definition) is 1. The molecule has 1 unspecified atom stereocenters. The monoisotopic (exact) mass is 147 g/mol. The number of rotatable bonds is 1. The van der Waals surface area contributed by atoms with Crippen molar-refractivity contribution in [1.29, 1.82) is 0 Å². The summed E-state index contributed by atoms with van der Waals surface area (Å²) in [6, 6.07) is 7.15. The number of hydrogen-bond donors (Lipinski definition) is 1. The van der Waals surface area contributed by atoms with Crippen LogP contribution >= 0.6 is 0 Å². The van der Waals surface area contributed by atoms with Gasteiger partial charge in [0.05, 0.1) is 0 Å². The van der Waals surface area contributed by atoms with Gasteiger partial charge in [-0.05, 0) is 37.1 Å². The highest BCUT2D eigenvalue weighted by molar-refractivity contribution is 5.44. The third-order valence-electron chi connectivity index (χ3n) is 2.58. The van der Waals surface area contributed by atoms with E-state index < -0.39 is 0 Å². The maximum Gasteiger partial charge on any atom is 0.0361 e. The van der Waals surface area contributed by atoms with Crippen LogP contribution in [0.1, 0.15) is 22.7 Å². The third-order valence-corrected chi connectivity index (χ3v) is 2.58. The summed E-state index contributed by atoms with van der Waals surface area (Å²) in [5.74, 6) is 0. The zero-order valence-corrected chi connectivity index (χ0v) is 7.02. The molecule has 0 saturated heterocycles. The smallest absolute Gasteiger partial charge is 0.0361 e. The number of fused-ring (bicyclic) bond motifs is 1. The first-order valence-electron chi connectivity index (χ1n) is 4.08. The molecule has 1 aromatic rings. The van der Waals surface area contributed by atoms with E-state index in [0.717, 1.165) is 0 Å². The molecule has 58 valence electrons. The number of aryl methyl sites for hydroxylation is 1. The fourth-order valence-electron chi connectivity index (χ4n) is 1.77. The predicted octanol–water partition coefficient (Wildman–Crippen LogP) is 1.81. The van der Waals surface area contributed by atoms with Gasteiger partial charge in [0, 0.05) is 6.04 Å². The predicted molar refractivity (Wildman–Crippen MR) is 46.7 cm³/mol. The topological polar surface area (TPSA) is 12.0 Å². The molecule has 0 aliphatic heterocycles. The van der Waals surface area contributed by atoms with Crippen LogP contribution in [0, 0.1) is 6.92 Å². The Labute approximate surface area is 67.4 Å². The Kier molecular flexibility index (Phi) is 1.46. The largest absolute Gasteiger partial charge is 0.313 e. The first kappa shape index (κ1) is 6.86. The number of likely N-dealkylation sites (N-methyl/N-ethyl adjacent to an activating group) is 1. The molecule has 1 N–H and O–H groups in total. The Morgan fingerprint density at radius 1 is 1.45 bits per heavy atom. The maximum absolute atomic E-state index is 3.28. The van der Waals surface area contributed by atoms with Gasteiger partial charge in [0.1, 0.15) is 0 Å². The first-order chi connectivity index (χ1) is 5.33. The molecule has 1 aromatic carbocycles. The molecule has 0 amide bonds. The molecule has 1 atom stereocenters. The van der Waals surface area contributed by atoms with Crippen molar-refractivity contribution in [2.45, 2.75) is 19.4 Å². The lowest BCUT2D eigenvalue weighted by Crippen LogP contribution is -2.28. The van der Waals surface area contributed by atoms with Crippen LogP contribution in [0.15, 0.2) is 18.2 Å². The molecule has 0 bridgehead atoms. The van der Waals surface area contributed by atoms with Crippen LogP contribution in [-0.2, 0) is 6.42 Å². The van der Waals surface area contributed by atoms with E-state index in [1.54, 1.807) is 5.56 Å². The Balaban J connectivity index is 2.41. The molecule has 11 heavy (non-hydrogen) atoms. The van der Waals surface area contributed by atoms with Crippen molar-refractivity contribution in [1.82, 2.24) is 5.32 Å². The van der Waals surface area contributed by atoms with Gasteiger partial charge in [0.25, 0.3) is 0 Å². The van der Waals surface area contributed by atoms with Crippen molar-refractivity contribution in [3.63, 3.8) is 0 Å². The van der Waals surface area contributed by atoms with E-state index in [9.17, 15) is 0 Å². The molecule has 0 aromatic heterocycles. The normalized spacial score (nSPS) is 20.7. The highest BCUT2D eigenvalue weighted by Crippen LogP contribution is 2.34. The van der Waals surface area contributed by atoms with Gasteiger partial charge in [-0.3, -0.25) is 0 Å². The molecule has 1 nitrogen and oxygen atoms in total. The second-order valence-corrected chi connectivity index (χ2v) is 3.19. The second kappa shape index (κ2) is 2.35. The van der Waals surface area contributed by atoms with Crippen LogP contribution < -0.4 is 5.32 Å². The number of nitrogens with one attached hydrogen (secondary N) is 1. The number of benzene rings is 1. The van der Waals surface area contributed by atoms with E-state index in [2.05, 4.69) is 30.4 Å². The zero-order valence-electron chi connectivity index (χ0n) is 7.02. The fraction of sp³-hybridized carbons (Fsp3) is 0.400. The molecule has 1 heteroatoms. The Morgan fingerprint density at radius 2 is 2.27 bits per heavy atom. The molecule has 0 saturated carbocycles. The van der Waals surface area contributed by atoms with E-state index in [0.29, 0.717) is 6.04 Å². The summed E-state index contributed by atoms with van der Waals surface area (Å²) in [6.45, 7) is 2.19. The summed E-state index contributed by atoms with van der Waals surface area (Å²) in [4.78, 5) is 0. The quantitative estimate of drug-likeness (QED) is 0.638. The second-order valence-electron chi connectivity index (χ2n) is 3.19. The maximum atomic E-state index is 3.28. The van der Waals surface area contributed by atoms with Gasteiger partial charge in [-0.25, -0.2) is 0 Å². The van der Waals surface area contributed by atoms with Crippen molar-refractivity contribution in [2.75, 3.05) is 7.05 Å². The minimum atomic E-state index is 0.616. The minimum Gasteiger partial charge on any atom is -0.313 e. The molecule has 1 aliphatic carbocycles. The average molecular weight is 147 g/mol. The molecule has 0 spiro atoms. The molecule has 1 aliphatic rings. The Hall–Kier alpha value is -0.820. The van der Waals surface area contributed by atoms with Gasteiger partial charge in [-0.2, -0.15) is 0 Å². The van der Waals surface area contributed by atoms with Crippen LogP contribution in [0.25, 0.3) is 0 Å². The summed E-state index contributed by atoms with van der Waals surface area (Å²) in [5.41, 5.74) is 4.48. The highest BCUT2D eigenvalue weighted by atomic mass is 14.9. The first-order valence-corrected chi connectivity index (χ1v) is 4.08. The van der Waals surface area contributed by atoms with Gasteiger partial charge < -0.3 is 5.32 Å². The van der Waals surface area contributed by atoms with Gasteiger partial charge in [0.2, 0.25) is 0 Å². The molecule has 0 fully saturated rings. The fourth-order valence-corrected chi connectivity index (χ4v) is 1.77. The lowest BCUT2D eigenvalue weighted by Gasteiger charge is -2.31. The van der Waals surface area contributed by atoms with Gasteiger partial charge in [0.15, 0.2) is 0 Å². The van der Waals surface area contributed by atoms with Crippen LogP contribution in [0.3, 0.4) is 0 Å². The lowest BCUT2D eigenvalue weighted by atomic mass is 9.81. The van der Waals surface area contributed by atoms with Gasteiger partial charge >= 0.3 is 0 Å². The van der Waals surface area contributed by atoms with Crippen molar-refractivity contribution in [3.8, 4) is 0 Å². The van der Waals surface area contributed by atoms with Crippen LogP contribution in [0.5, 0.6) is 0 Å². The summed E-state index contributed by atoms with van der Waals surface area (Å²) >= 11 is 0. The molecule has 0 heterocycles. The van der Waals surface area contributed by atoms with Crippen molar-refractivity contribution < 1.29 is 0 Å². The van der Waals surface area contributed by atoms with Crippen molar-refractivity contribution >= 4 is 0 Å². The SMILES string of the molecule is CNC1Cc2c(C)cccc21. The van der Waals surface area contributed by atoms with E-state index in [1.165, 1.54) is 17.5 Å². The minimum absolute atomic E-state index is 0.616. The molecular formula is C10H13N. The van der Waals surface area contributed by atoms with E-state index >= 15 is 0 Å². The van der Waals surface area contributed by atoms with Gasteiger partial charge in [-0.15, -0.1) is 0 Å². The summed E-state index contributed by atoms with van der Waals surface area (Å²) in [7, 11) is 2.02. The molecule has 2 rings (SSSR count). The zero-order chi connectivity index (χ0) is 7.84. The van der Waals surface area contributed by atoms with Crippen molar-refractivity contribution in [2.24, 2.45) is 0 Å². The van der Waals surface area contributed by atoms with Crippen molar-refractivity contribution in [3.05, 3.63) is 34.9 Å². The summed E-state index contributed by atoms with van der Waals surface area (Å²) in [5, 5.41) is 3.28. The van der Waals surface area contributed by atoms with E-state index in [1.807, 2.05) is 7.05 Å².